The van der Waals surface area contributed by atoms with Crippen LogP contribution in [0.2, 0.25) is 0 Å². The molecule has 0 unspecified atom stereocenters. The number of hydrogen-bond donors (Lipinski definition) is 2. The van der Waals surface area contributed by atoms with Crippen molar-refractivity contribution in [2.75, 3.05) is 6.54 Å². The molecule has 2 N–H and O–H groups in total. The lowest BCUT2D eigenvalue weighted by Gasteiger charge is -2.29. The molecule has 3 rings (SSSR count). The molecule has 0 aliphatic heterocycles. The summed E-state index contributed by atoms with van der Waals surface area (Å²) in [6, 6.07) is 8.46. The van der Waals surface area contributed by atoms with Crippen LogP contribution in [0.5, 0.6) is 0 Å². The smallest absolute Gasteiger partial charge is 0.261 e. The molecular weight excluding hydrogens is 356 g/mol. The highest BCUT2D eigenvalue weighted by Crippen LogP contribution is 2.43. The molecule has 2 amide bonds. The van der Waals surface area contributed by atoms with E-state index in [-0.39, 0.29) is 17.9 Å². The van der Waals surface area contributed by atoms with Gasteiger partial charge in [0.1, 0.15) is 0 Å². The maximum atomic E-state index is 12.8. The Bertz CT molecular complexity index is 832. The lowest BCUT2D eigenvalue weighted by atomic mass is 9.77. The predicted molar refractivity (Wildman–Crippen MR) is 112 cm³/mol. The summed E-state index contributed by atoms with van der Waals surface area (Å²) in [5, 5.41) is 7.20. The highest BCUT2D eigenvalue weighted by atomic mass is 32.1. The monoisotopic (exact) mass is 384 g/mol. The molecule has 1 heterocycles. The van der Waals surface area contributed by atoms with Gasteiger partial charge in [-0.25, -0.2) is 0 Å². The minimum absolute atomic E-state index is 0.0431. The second kappa shape index (κ2) is 8.70. The van der Waals surface area contributed by atoms with Crippen molar-refractivity contribution >= 4 is 33.2 Å². The summed E-state index contributed by atoms with van der Waals surface area (Å²) in [7, 11) is 0. The highest BCUT2D eigenvalue weighted by Gasteiger charge is 2.29. The number of nitrogens with one attached hydrogen (secondary N) is 2. The molecule has 144 valence electrons. The molecule has 27 heavy (non-hydrogen) atoms. The molecule has 1 aromatic heterocycles. The van der Waals surface area contributed by atoms with Crippen LogP contribution in [0.1, 0.15) is 60.7 Å². The summed E-state index contributed by atoms with van der Waals surface area (Å²) in [6.45, 7) is 8.20. The van der Waals surface area contributed by atoms with Crippen LogP contribution in [0.4, 0.5) is 0 Å². The molecule has 0 radical (unpaired) electrons. The van der Waals surface area contributed by atoms with Gasteiger partial charge in [0.25, 0.3) is 5.91 Å². The third kappa shape index (κ3) is 4.59. The number of amides is 2. The van der Waals surface area contributed by atoms with Gasteiger partial charge in [0.15, 0.2) is 0 Å². The standard InChI is InChI=1S/C22H28N2O2S/c1-4-19(25)23-13-15-9-11-16(12-10-15)20-17-7-5-6-8-18(17)27-21(20)22(26)24-14(2)3/h4-8,14-16H,1,9-13H2,2-3H3,(H,23,25)(H,24,26). The van der Waals surface area contributed by atoms with E-state index in [1.165, 1.54) is 21.7 Å². The van der Waals surface area contributed by atoms with E-state index in [4.69, 9.17) is 0 Å². The summed E-state index contributed by atoms with van der Waals surface area (Å²) >= 11 is 1.61. The maximum Gasteiger partial charge on any atom is 0.261 e. The van der Waals surface area contributed by atoms with E-state index >= 15 is 0 Å². The molecule has 2 aromatic rings. The van der Waals surface area contributed by atoms with Crippen LogP contribution < -0.4 is 10.6 Å². The number of thiophene rings is 1. The van der Waals surface area contributed by atoms with Crippen molar-refractivity contribution in [1.82, 2.24) is 10.6 Å². The largest absolute Gasteiger partial charge is 0.352 e. The van der Waals surface area contributed by atoms with Gasteiger partial charge in [0, 0.05) is 17.3 Å². The first kappa shape index (κ1) is 19.6. The second-order valence-electron chi connectivity index (χ2n) is 7.64. The van der Waals surface area contributed by atoms with Crippen molar-refractivity contribution in [3.05, 3.63) is 47.4 Å². The Labute approximate surface area is 165 Å². The Hall–Kier alpha value is -2.14. The van der Waals surface area contributed by atoms with Crippen molar-refractivity contribution in [2.45, 2.75) is 51.5 Å². The molecular formula is C22H28N2O2S. The molecule has 5 heteroatoms. The van der Waals surface area contributed by atoms with Crippen LogP contribution in [0.3, 0.4) is 0 Å². The van der Waals surface area contributed by atoms with Crippen molar-refractivity contribution in [1.29, 1.82) is 0 Å². The molecule has 4 nitrogen and oxygen atoms in total. The highest BCUT2D eigenvalue weighted by molar-refractivity contribution is 7.21. The molecule has 0 bridgehead atoms. The Balaban J connectivity index is 1.79. The number of carbonyl (C=O) groups excluding carboxylic acids is 2. The summed E-state index contributed by atoms with van der Waals surface area (Å²) in [4.78, 5) is 25.1. The number of benzene rings is 1. The van der Waals surface area contributed by atoms with E-state index in [0.29, 0.717) is 18.4 Å². The average Bonchev–Trinajstić information content (AvgIpc) is 3.05. The fourth-order valence-electron chi connectivity index (χ4n) is 3.94. The SMILES string of the molecule is C=CC(=O)NCC1CCC(c2c(C(=O)NC(C)C)sc3ccccc23)CC1. The zero-order valence-corrected chi connectivity index (χ0v) is 16.9. The zero-order valence-electron chi connectivity index (χ0n) is 16.1. The molecule has 1 aromatic carbocycles. The summed E-state index contributed by atoms with van der Waals surface area (Å²) in [5.74, 6) is 0.846. The Morgan fingerprint density at radius 3 is 2.59 bits per heavy atom. The first-order valence-corrected chi connectivity index (χ1v) is 10.5. The van der Waals surface area contributed by atoms with Crippen LogP contribution in [0, 0.1) is 5.92 Å². The summed E-state index contributed by atoms with van der Waals surface area (Å²) in [5.41, 5.74) is 1.22. The third-order valence-electron chi connectivity index (χ3n) is 5.27. The van der Waals surface area contributed by atoms with Crippen molar-refractivity contribution in [3.63, 3.8) is 0 Å². The minimum Gasteiger partial charge on any atom is -0.352 e. The molecule has 1 aliphatic rings. The lowest BCUT2D eigenvalue weighted by molar-refractivity contribution is -0.116. The lowest BCUT2D eigenvalue weighted by Crippen LogP contribution is -2.31. The van der Waals surface area contributed by atoms with Gasteiger partial charge in [-0.05, 0) is 74.5 Å². The number of rotatable bonds is 6. The molecule has 0 atom stereocenters. The number of carbonyl (C=O) groups is 2. The van der Waals surface area contributed by atoms with Crippen LogP contribution in [-0.4, -0.2) is 24.4 Å². The van der Waals surface area contributed by atoms with Gasteiger partial charge in [-0.2, -0.15) is 0 Å². The van der Waals surface area contributed by atoms with Crippen LogP contribution in [-0.2, 0) is 4.79 Å². The molecule has 0 saturated heterocycles. The van der Waals surface area contributed by atoms with Gasteiger partial charge in [-0.15, -0.1) is 11.3 Å². The van der Waals surface area contributed by atoms with Gasteiger partial charge < -0.3 is 10.6 Å². The van der Waals surface area contributed by atoms with Gasteiger partial charge in [-0.3, -0.25) is 9.59 Å². The van der Waals surface area contributed by atoms with Crippen molar-refractivity contribution in [2.24, 2.45) is 5.92 Å². The Morgan fingerprint density at radius 2 is 1.93 bits per heavy atom. The van der Waals surface area contributed by atoms with Gasteiger partial charge in [0.2, 0.25) is 5.91 Å². The van der Waals surface area contributed by atoms with Gasteiger partial charge in [0.05, 0.1) is 4.88 Å². The van der Waals surface area contributed by atoms with Crippen LogP contribution in [0.15, 0.2) is 36.9 Å². The van der Waals surface area contributed by atoms with E-state index in [2.05, 4.69) is 35.4 Å². The third-order valence-corrected chi connectivity index (χ3v) is 6.45. The predicted octanol–water partition coefficient (Wildman–Crippen LogP) is 4.62. The number of hydrogen-bond acceptors (Lipinski definition) is 3. The van der Waals surface area contributed by atoms with E-state index in [9.17, 15) is 9.59 Å². The Morgan fingerprint density at radius 1 is 1.22 bits per heavy atom. The zero-order chi connectivity index (χ0) is 19.4. The van der Waals surface area contributed by atoms with E-state index in [1.807, 2.05) is 19.9 Å². The van der Waals surface area contributed by atoms with Crippen molar-refractivity contribution in [3.8, 4) is 0 Å². The average molecular weight is 385 g/mol. The first-order valence-electron chi connectivity index (χ1n) is 9.72. The molecule has 1 aliphatic carbocycles. The van der Waals surface area contributed by atoms with E-state index < -0.39 is 0 Å². The number of fused-ring (bicyclic) bond motifs is 1. The van der Waals surface area contributed by atoms with Crippen LogP contribution >= 0.6 is 11.3 Å². The second-order valence-corrected chi connectivity index (χ2v) is 8.69. The quantitative estimate of drug-likeness (QED) is 0.714. The normalized spacial score (nSPS) is 19.8. The fraction of sp³-hybridized carbons (Fsp3) is 0.455. The minimum atomic E-state index is -0.103. The molecule has 0 spiro atoms. The molecule has 1 fully saturated rings. The topological polar surface area (TPSA) is 58.2 Å². The van der Waals surface area contributed by atoms with Gasteiger partial charge in [-0.1, -0.05) is 24.8 Å². The van der Waals surface area contributed by atoms with E-state index in [0.717, 1.165) is 30.6 Å². The van der Waals surface area contributed by atoms with Gasteiger partial charge >= 0.3 is 0 Å². The Kier molecular flexibility index (Phi) is 6.32. The van der Waals surface area contributed by atoms with E-state index in [1.54, 1.807) is 11.3 Å². The summed E-state index contributed by atoms with van der Waals surface area (Å²) in [6.07, 6.45) is 5.56. The molecule has 1 saturated carbocycles. The van der Waals surface area contributed by atoms with Crippen molar-refractivity contribution < 1.29 is 9.59 Å². The summed E-state index contributed by atoms with van der Waals surface area (Å²) < 4.78 is 1.18. The fourth-order valence-corrected chi connectivity index (χ4v) is 5.13. The maximum absolute atomic E-state index is 12.8. The first-order chi connectivity index (χ1) is 13.0. The van der Waals surface area contributed by atoms with Crippen LogP contribution in [0.25, 0.3) is 10.1 Å².